The van der Waals surface area contributed by atoms with Gasteiger partial charge in [-0.2, -0.15) is 0 Å². The highest BCUT2D eigenvalue weighted by Crippen LogP contribution is 2.23. The van der Waals surface area contributed by atoms with Gasteiger partial charge in [0.1, 0.15) is 6.61 Å². The Bertz CT molecular complexity index is 868. The number of benzene rings is 2. The lowest BCUT2D eigenvalue weighted by molar-refractivity contribution is -0.143. The molecule has 27 heavy (non-hydrogen) atoms. The summed E-state index contributed by atoms with van der Waals surface area (Å²) in [6.07, 6.45) is 0.0613. The fourth-order valence-electron chi connectivity index (χ4n) is 2.58. The third-order valence-electron chi connectivity index (χ3n) is 3.92. The summed E-state index contributed by atoms with van der Waals surface area (Å²) in [6, 6.07) is 10.0. The van der Waals surface area contributed by atoms with Crippen LogP contribution in [0.4, 0.5) is 8.78 Å². The number of thioether (sulfide) groups is 1. The number of hydrogen-bond acceptors (Lipinski definition) is 5. The molecule has 3 rings (SSSR count). The van der Waals surface area contributed by atoms with Crippen molar-refractivity contribution in [1.82, 2.24) is 4.90 Å². The Morgan fingerprint density at radius 3 is 2.30 bits per heavy atom. The highest BCUT2D eigenvalue weighted by Gasteiger charge is 2.34. The highest BCUT2D eigenvalue weighted by atomic mass is 32.2. The van der Waals surface area contributed by atoms with Gasteiger partial charge in [0.15, 0.2) is 11.6 Å². The second-order valence-electron chi connectivity index (χ2n) is 5.70. The van der Waals surface area contributed by atoms with E-state index in [-0.39, 0.29) is 19.6 Å². The van der Waals surface area contributed by atoms with Crippen molar-refractivity contribution in [2.45, 2.75) is 11.3 Å². The summed E-state index contributed by atoms with van der Waals surface area (Å²) >= 11 is 1.20. The zero-order chi connectivity index (χ0) is 19.4. The van der Waals surface area contributed by atoms with Crippen molar-refractivity contribution in [3.8, 4) is 0 Å². The van der Waals surface area contributed by atoms with Gasteiger partial charge in [-0.1, -0.05) is 12.1 Å². The molecule has 140 valence electrons. The van der Waals surface area contributed by atoms with Gasteiger partial charge in [0.05, 0.1) is 24.1 Å². The number of hydrogen-bond donors (Lipinski definition) is 0. The monoisotopic (exact) mass is 391 g/mol. The van der Waals surface area contributed by atoms with E-state index >= 15 is 0 Å². The van der Waals surface area contributed by atoms with E-state index in [9.17, 15) is 23.2 Å². The van der Waals surface area contributed by atoms with Crippen molar-refractivity contribution in [2.75, 3.05) is 18.9 Å². The summed E-state index contributed by atoms with van der Waals surface area (Å²) in [7, 11) is 0. The van der Waals surface area contributed by atoms with Crippen LogP contribution >= 0.6 is 11.8 Å². The third-order valence-corrected chi connectivity index (χ3v) is 4.92. The lowest BCUT2D eigenvalue weighted by atomic mass is 10.1. The Morgan fingerprint density at radius 2 is 1.67 bits per heavy atom. The van der Waals surface area contributed by atoms with Crippen LogP contribution in [0.5, 0.6) is 0 Å². The van der Waals surface area contributed by atoms with Crippen LogP contribution < -0.4 is 0 Å². The summed E-state index contributed by atoms with van der Waals surface area (Å²) in [5.74, 6) is -2.84. The van der Waals surface area contributed by atoms with Crippen LogP contribution in [-0.2, 0) is 9.53 Å². The number of carbonyl (C=O) groups excluding carboxylic acids is 3. The normalized spacial score (nSPS) is 13.0. The number of amides is 2. The molecule has 2 amide bonds. The predicted octanol–water partition coefficient (Wildman–Crippen LogP) is 3.29. The van der Waals surface area contributed by atoms with Crippen molar-refractivity contribution in [1.29, 1.82) is 0 Å². The van der Waals surface area contributed by atoms with Gasteiger partial charge in [0, 0.05) is 10.6 Å². The van der Waals surface area contributed by atoms with Crippen molar-refractivity contribution in [3.05, 3.63) is 65.2 Å². The minimum atomic E-state index is -0.941. The van der Waals surface area contributed by atoms with Crippen molar-refractivity contribution >= 4 is 29.5 Å². The quantitative estimate of drug-likeness (QED) is 0.412. The number of imide groups is 1. The molecule has 5 nitrogen and oxygen atoms in total. The molecule has 0 bridgehead atoms. The van der Waals surface area contributed by atoms with Gasteiger partial charge in [-0.25, -0.2) is 8.78 Å². The van der Waals surface area contributed by atoms with Gasteiger partial charge in [-0.3, -0.25) is 19.3 Å². The number of rotatable bonds is 7. The maximum Gasteiger partial charge on any atom is 0.306 e. The SMILES string of the molecule is O=C(CCSc1ccc(F)c(F)c1)OCCN1C(=O)c2ccccc2C1=O. The molecule has 0 saturated carbocycles. The minimum absolute atomic E-state index is 0.0194. The molecule has 1 aliphatic heterocycles. The molecule has 2 aromatic carbocycles. The number of fused-ring (bicyclic) bond motifs is 1. The Balaban J connectivity index is 1.41. The first-order valence-electron chi connectivity index (χ1n) is 8.16. The number of ether oxygens (including phenoxy) is 1. The topological polar surface area (TPSA) is 63.7 Å². The van der Waals surface area contributed by atoms with E-state index in [2.05, 4.69) is 0 Å². The van der Waals surface area contributed by atoms with Crippen LogP contribution in [0.15, 0.2) is 47.4 Å². The molecule has 0 aromatic heterocycles. The van der Waals surface area contributed by atoms with Crippen LogP contribution in [-0.4, -0.2) is 41.6 Å². The van der Waals surface area contributed by atoms with E-state index in [1.165, 1.54) is 17.8 Å². The van der Waals surface area contributed by atoms with Crippen molar-refractivity contribution < 1.29 is 27.9 Å². The second kappa shape index (κ2) is 8.30. The summed E-state index contributed by atoms with van der Waals surface area (Å²) in [5, 5.41) is 0. The van der Waals surface area contributed by atoms with Gasteiger partial charge < -0.3 is 4.74 Å². The van der Waals surface area contributed by atoms with Crippen LogP contribution in [0.2, 0.25) is 0 Å². The number of halogens is 2. The van der Waals surface area contributed by atoms with Gasteiger partial charge in [0.25, 0.3) is 11.8 Å². The number of nitrogens with zero attached hydrogens (tertiary/aromatic N) is 1. The highest BCUT2D eigenvalue weighted by molar-refractivity contribution is 7.99. The molecule has 0 unspecified atom stereocenters. The molecular formula is C19H15F2NO4S. The molecule has 0 fully saturated rings. The molecule has 0 radical (unpaired) electrons. The zero-order valence-electron chi connectivity index (χ0n) is 14.1. The molecule has 2 aromatic rings. The number of esters is 1. The first kappa shape index (κ1) is 19.0. The van der Waals surface area contributed by atoms with E-state index in [1.807, 2.05) is 0 Å². The molecule has 0 aliphatic carbocycles. The van der Waals surface area contributed by atoms with Crippen LogP contribution in [0, 0.1) is 11.6 Å². The van der Waals surface area contributed by atoms with E-state index in [0.29, 0.717) is 21.8 Å². The standard InChI is InChI=1S/C19H15F2NO4S/c20-15-6-5-12(11-16(15)21)27-10-7-17(23)26-9-8-22-18(24)13-3-1-2-4-14(13)19(22)25/h1-6,11H,7-10H2. The molecular weight excluding hydrogens is 376 g/mol. The first-order chi connectivity index (χ1) is 13.0. The average Bonchev–Trinajstić information content (AvgIpc) is 2.90. The Morgan fingerprint density at radius 1 is 1.00 bits per heavy atom. The van der Waals surface area contributed by atoms with Crippen molar-refractivity contribution in [3.63, 3.8) is 0 Å². The molecule has 0 saturated heterocycles. The van der Waals surface area contributed by atoms with Crippen LogP contribution in [0.3, 0.4) is 0 Å². The summed E-state index contributed by atoms with van der Waals surface area (Å²) < 4.78 is 31.0. The fraction of sp³-hybridized carbons (Fsp3) is 0.211. The summed E-state index contributed by atoms with van der Waals surface area (Å²) in [4.78, 5) is 37.6. The largest absolute Gasteiger partial charge is 0.464 e. The predicted molar refractivity (Wildman–Crippen MR) is 94.5 cm³/mol. The maximum absolute atomic E-state index is 13.1. The second-order valence-corrected chi connectivity index (χ2v) is 6.87. The molecule has 1 heterocycles. The van der Waals surface area contributed by atoms with E-state index in [4.69, 9.17) is 4.74 Å². The Hall–Kier alpha value is -2.74. The molecule has 0 N–H and O–H groups in total. The summed E-state index contributed by atoms with van der Waals surface area (Å²) in [5.41, 5.74) is 0.688. The van der Waals surface area contributed by atoms with Crippen molar-refractivity contribution in [2.24, 2.45) is 0 Å². The Kier molecular flexibility index (Phi) is 5.85. The van der Waals surface area contributed by atoms with Gasteiger partial charge in [-0.05, 0) is 30.3 Å². The maximum atomic E-state index is 13.1. The van der Waals surface area contributed by atoms with Gasteiger partial charge in [-0.15, -0.1) is 11.8 Å². The van der Waals surface area contributed by atoms with Crippen LogP contribution in [0.25, 0.3) is 0 Å². The lowest BCUT2D eigenvalue weighted by Crippen LogP contribution is -2.33. The van der Waals surface area contributed by atoms with Gasteiger partial charge >= 0.3 is 5.97 Å². The molecule has 0 atom stereocenters. The molecule has 1 aliphatic rings. The third kappa shape index (κ3) is 4.33. The van der Waals surface area contributed by atoms with Gasteiger partial charge in [0.2, 0.25) is 0 Å². The molecule has 8 heteroatoms. The summed E-state index contributed by atoms with van der Waals surface area (Å²) in [6.45, 7) is -0.117. The van der Waals surface area contributed by atoms with E-state index in [1.54, 1.807) is 24.3 Å². The first-order valence-corrected chi connectivity index (χ1v) is 9.14. The Labute approximate surface area is 158 Å². The van der Waals surface area contributed by atoms with E-state index < -0.39 is 29.4 Å². The molecule has 0 spiro atoms. The minimum Gasteiger partial charge on any atom is -0.464 e. The van der Waals surface area contributed by atoms with Crippen LogP contribution in [0.1, 0.15) is 27.1 Å². The lowest BCUT2D eigenvalue weighted by Gasteiger charge is -2.13. The van der Waals surface area contributed by atoms with E-state index in [0.717, 1.165) is 17.0 Å². The number of carbonyl (C=O) groups is 3. The fourth-order valence-corrected chi connectivity index (χ4v) is 3.44. The smallest absolute Gasteiger partial charge is 0.306 e. The zero-order valence-corrected chi connectivity index (χ0v) is 14.9. The average molecular weight is 391 g/mol.